The first-order valence-electron chi connectivity index (χ1n) is 3.40. The van der Waals surface area contributed by atoms with Crippen molar-refractivity contribution in [2.75, 3.05) is 0 Å². The van der Waals surface area contributed by atoms with Gasteiger partial charge in [-0.25, -0.2) is 0 Å². The van der Waals surface area contributed by atoms with Crippen LogP contribution in [0.1, 0.15) is 5.56 Å². The molecule has 0 aliphatic heterocycles. The van der Waals surface area contributed by atoms with Gasteiger partial charge in [0.15, 0.2) is 5.17 Å². The molecule has 5 heteroatoms. The van der Waals surface area contributed by atoms with Gasteiger partial charge in [0.05, 0.1) is 0 Å². The number of halogens is 2. The summed E-state index contributed by atoms with van der Waals surface area (Å²) in [6, 6.07) is 7.54. The highest BCUT2D eigenvalue weighted by Gasteiger charge is 1.95. The average molecular weight is 282 g/mol. The van der Waals surface area contributed by atoms with Gasteiger partial charge in [0.25, 0.3) is 0 Å². The van der Waals surface area contributed by atoms with E-state index >= 15 is 0 Å². The highest BCUT2D eigenvalue weighted by atomic mass is 79.9. The van der Waals surface area contributed by atoms with Gasteiger partial charge < -0.3 is 5.73 Å². The summed E-state index contributed by atoms with van der Waals surface area (Å²) in [6.45, 7) is 0. The minimum absolute atomic E-state index is 0. The molecule has 0 saturated carbocycles. The number of hydrogen-bond acceptors (Lipinski definition) is 2. The monoisotopic (exact) mass is 280 g/mol. The van der Waals surface area contributed by atoms with Gasteiger partial charge in [0.1, 0.15) is 0 Å². The molecule has 0 unspecified atom stereocenters. The fraction of sp³-hybridized carbons (Fsp3) is 0.125. The van der Waals surface area contributed by atoms with Crippen LogP contribution in [-0.4, -0.2) is 5.17 Å². The lowest BCUT2D eigenvalue weighted by molar-refractivity contribution is 1.42. The van der Waals surface area contributed by atoms with Gasteiger partial charge in [0, 0.05) is 10.8 Å². The maximum absolute atomic E-state index is 7.01. The molecule has 1 rings (SSSR count). The molecule has 0 atom stereocenters. The van der Waals surface area contributed by atoms with Crippen molar-refractivity contribution in [1.29, 1.82) is 5.41 Å². The van der Waals surface area contributed by atoms with Gasteiger partial charge in [-0.15, -0.1) is 17.0 Å². The maximum atomic E-state index is 7.01. The lowest BCUT2D eigenvalue weighted by Crippen LogP contribution is -2.03. The summed E-state index contributed by atoms with van der Waals surface area (Å²) in [5.74, 6) is 0.704. The van der Waals surface area contributed by atoms with Gasteiger partial charge in [-0.05, 0) is 17.7 Å². The van der Waals surface area contributed by atoms with Crippen molar-refractivity contribution in [2.45, 2.75) is 5.75 Å². The van der Waals surface area contributed by atoms with Gasteiger partial charge in [-0.3, -0.25) is 5.41 Å². The Morgan fingerprint density at radius 3 is 2.77 bits per heavy atom. The predicted molar refractivity (Wildman–Crippen MR) is 65.0 cm³/mol. The Morgan fingerprint density at radius 2 is 2.23 bits per heavy atom. The first-order valence-corrected chi connectivity index (χ1v) is 4.76. The number of hydrogen-bond donors (Lipinski definition) is 2. The fourth-order valence-corrected chi connectivity index (χ4v) is 1.50. The van der Waals surface area contributed by atoms with E-state index in [-0.39, 0.29) is 22.1 Å². The van der Waals surface area contributed by atoms with Gasteiger partial charge >= 0.3 is 0 Å². The molecular weight excluding hydrogens is 272 g/mol. The molecule has 0 amide bonds. The third-order valence-corrected chi connectivity index (χ3v) is 2.31. The van der Waals surface area contributed by atoms with E-state index < -0.39 is 0 Å². The number of benzene rings is 1. The number of rotatable bonds is 2. The third kappa shape index (κ3) is 5.18. The zero-order valence-corrected chi connectivity index (χ0v) is 10.1. The number of nitrogens with two attached hydrogens (primary N) is 1. The van der Waals surface area contributed by atoms with Gasteiger partial charge in [0.2, 0.25) is 0 Å². The first kappa shape index (κ1) is 12.8. The van der Waals surface area contributed by atoms with Crippen molar-refractivity contribution in [2.24, 2.45) is 5.73 Å². The molecule has 0 spiro atoms. The Kier molecular flexibility index (Phi) is 6.20. The Balaban J connectivity index is 0.00000144. The highest BCUT2D eigenvalue weighted by Crippen LogP contribution is 2.15. The van der Waals surface area contributed by atoms with Crippen LogP contribution in [0.4, 0.5) is 0 Å². The van der Waals surface area contributed by atoms with Crippen LogP contribution in [0.3, 0.4) is 0 Å². The van der Waals surface area contributed by atoms with Gasteiger partial charge in [-0.2, -0.15) is 0 Å². The zero-order valence-electron chi connectivity index (χ0n) is 6.79. The summed E-state index contributed by atoms with van der Waals surface area (Å²) in [5.41, 5.74) is 6.28. The van der Waals surface area contributed by atoms with Crippen molar-refractivity contribution in [3.63, 3.8) is 0 Å². The molecule has 0 fully saturated rings. The van der Waals surface area contributed by atoms with Crippen molar-refractivity contribution >= 4 is 45.5 Å². The molecule has 0 aromatic heterocycles. The van der Waals surface area contributed by atoms with Crippen molar-refractivity contribution < 1.29 is 0 Å². The maximum Gasteiger partial charge on any atom is 0.151 e. The van der Waals surface area contributed by atoms with E-state index in [2.05, 4.69) is 0 Å². The topological polar surface area (TPSA) is 49.9 Å². The van der Waals surface area contributed by atoms with Crippen molar-refractivity contribution in [1.82, 2.24) is 0 Å². The van der Waals surface area contributed by atoms with Crippen LogP contribution in [0, 0.1) is 5.41 Å². The Morgan fingerprint density at radius 1 is 1.54 bits per heavy atom. The molecule has 1 aromatic carbocycles. The highest BCUT2D eigenvalue weighted by molar-refractivity contribution is 8.93. The van der Waals surface area contributed by atoms with Crippen LogP contribution in [0.5, 0.6) is 0 Å². The number of nitrogens with one attached hydrogen (secondary N) is 1. The van der Waals surface area contributed by atoms with Crippen LogP contribution in [0.25, 0.3) is 0 Å². The van der Waals surface area contributed by atoms with E-state index in [1.165, 1.54) is 11.8 Å². The Hall–Kier alpha value is -0.190. The summed E-state index contributed by atoms with van der Waals surface area (Å²) in [5, 5.41) is 7.86. The summed E-state index contributed by atoms with van der Waals surface area (Å²) < 4.78 is 0. The summed E-state index contributed by atoms with van der Waals surface area (Å²) in [6.07, 6.45) is 0. The van der Waals surface area contributed by atoms with Crippen LogP contribution in [-0.2, 0) is 5.75 Å². The summed E-state index contributed by atoms with van der Waals surface area (Å²) in [7, 11) is 0. The quantitative estimate of drug-likeness (QED) is 0.646. The SMILES string of the molecule is Br.N=C(N)SCc1cccc(Cl)c1. The van der Waals surface area contributed by atoms with E-state index in [0.717, 1.165) is 10.6 Å². The lowest BCUT2D eigenvalue weighted by Gasteiger charge is -1.99. The molecule has 13 heavy (non-hydrogen) atoms. The molecular formula is C8H10BrClN2S. The smallest absolute Gasteiger partial charge is 0.151 e. The molecule has 72 valence electrons. The van der Waals surface area contributed by atoms with Crippen molar-refractivity contribution in [3.8, 4) is 0 Å². The van der Waals surface area contributed by atoms with Crippen LogP contribution in [0.2, 0.25) is 5.02 Å². The summed E-state index contributed by atoms with van der Waals surface area (Å²) in [4.78, 5) is 0. The van der Waals surface area contributed by atoms with E-state index in [1.807, 2.05) is 24.3 Å². The largest absolute Gasteiger partial charge is 0.379 e. The molecule has 3 N–H and O–H groups in total. The zero-order chi connectivity index (χ0) is 8.97. The van der Waals surface area contributed by atoms with E-state index in [9.17, 15) is 0 Å². The first-order chi connectivity index (χ1) is 5.68. The molecule has 0 aliphatic rings. The number of thioether (sulfide) groups is 1. The van der Waals surface area contributed by atoms with Crippen LogP contribution >= 0.6 is 40.3 Å². The van der Waals surface area contributed by atoms with Crippen LogP contribution < -0.4 is 5.73 Å². The molecule has 1 aromatic rings. The molecule has 0 aliphatic carbocycles. The molecule has 0 radical (unpaired) electrons. The second-order valence-electron chi connectivity index (χ2n) is 2.28. The second-order valence-corrected chi connectivity index (χ2v) is 3.74. The average Bonchev–Trinajstić information content (AvgIpc) is 2.01. The normalized spacial score (nSPS) is 9.00. The van der Waals surface area contributed by atoms with E-state index in [0.29, 0.717) is 5.75 Å². The predicted octanol–water partition coefficient (Wildman–Crippen LogP) is 3.04. The van der Waals surface area contributed by atoms with E-state index in [4.69, 9.17) is 22.7 Å². The Bertz CT molecular complexity index is 293. The van der Waals surface area contributed by atoms with Crippen LogP contribution in [0.15, 0.2) is 24.3 Å². The third-order valence-electron chi connectivity index (χ3n) is 1.28. The van der Waals surface area contributed by atoms with Gasteiger partial charge in [-0.1, -0.05) is 35.5 Å². The Labute approximate surface area is 97.1 Å². The van der Waals surface area contributed by atoms with E-state index in [1.54, 1.807) is 0 Å². The second kappa shape index (κ2) is 6.29. The fourth-order valence-electron chi connectivity index (χ4n) is 0.788. The standard InChI is InChI=1S/C8H9ClN2S.BrH/c9-7-3-1-2-6(4-7)5-12-8(10)11;/h1-4H,5H2,(H3,10,11);1H. The molecule has 0 bridgehead atoms. The summed E-state index contributed by atoms with van der Waals surface area (Å²) >= 11 is 7.06. The lowest BCUT2D eigenvalue weighted by atomic mass is 10.2. The molecule has 0 saturated heterocycles. The minimum atomic E-state index is 0. The van der Waals surface area contributed by atoms with Crippen molar-refractivity contribution in [3.05, 3.63) is 34.9 Å². The minimum Gasteiger partial charge on any atom is -0.379 e. The molecule has 0 heterocycles. The number of amidine groups is 1. The molecule has 2 nitrogen and oxygen atoms in total.